The maximum absolute atomic E-state index is 13.6. The average molecular weight is 519 g/mol. The van der Waals surface area contributed by atoms with Crippen molar-refractivity contribution in [2.24, 2.45) is 29.4 Å². The molecular weight excluding hydrogens is 472 g/mol. The minimum atomic E-state index is -0.759. The number of nitrogens with one attached hydrogen (secondary N) is 2. The highest BCUT2D eigenvalue weighted by Crippen LogP contribution is 2.27. The van der Waals surface area contributed by atoms with E-state index >= 15 is 0 Å². The quantitative estimate of drug-likeness (QED) is 0.344. The van der Waals surface area contributed by atoms with Crippen LogP contribution in [0.5, 0.6) is 0 Å². The van der Waals surface area contributed by atoms with Gasteiger partial charge in [-0.15, -0.1) is 0 Å². The second-order valence-electron chi connectivity index (χ2n) is 10.7. The van der Waals surface area contributed by atoms with Crippen molar-refractivity contribution in [3.8, 4) is 0 Å². The molecule has 0 saturated carbocycles. The van der Waals surface area contributed by atoms with E-state index in [4.69, 9.17) is 15.3 Å². The van der Waals surface area contributed by atoms with Crippen molar-refractivity contribution in [1.29, 1.82) is 0 Å². The van der Waals surface area contributed by atoms with Crippen LogP contribution in [0.15, 0.2) is 30.3 Å². The molecule has 37 heavy (non-hydrogen) atoms. The summed E-state index contributed by atoms with van der Waals surface area (Å²) in [6, 6.07) is 9.28. The lowest BCUT2D eigenvalue weighted by Gasteiger charge is -2.33. The van der Waals surface area contributed by atoms with Gasteiger partial charge in [0.25, 0.3) is 5.91 Å². The zero-order chi connectivity index (χ0) is 27.4. The maximum Gasteiger partial charge on any atom is 0.257 e. The zero-order valence-electron chi connectivity index (χ0n) is 23.1. The molecule has 1 fully saturated rings. The summed E-state index contributed by atoms with van der Waals surface area (Å²) < 4.78 is 5.57. The highest BCUT2D eigenvalue weighted by atomic mass is 16.8. The minimum absolute atomic E-state index is 0.120. The number of carbonyl (C=O) groups excluding carboxylic acids is 3. The molecule has 1 saturated heterocycles. The van der Waals surface area contributed by atoms with Gasteiger partial charge in [-0.3, -0.25) is 24.8 Å². The van der Waals surface area contributed by atoms with Crippen molar-refractivity contribution in [2.75, 3.05) is 13.2 Å². The Balaban J connectivity index is 2.19. The molecule has 9 nitrogen and oxygen atoms in total. The van der Waals surface area contributed by atoms with Crippen molar-refractivity contribution < 1.29 is 24.0 Å². The summed E-state index contributed by atoms with van der Waals surface area (Å²) in [6.45, 7) is 10.2. The molecule has 9 heteroatoms. The van der Waals surface area contributed by atoms with Gasteiger partial charge >= 0.3 is 0 Å². The van der Waals surface area contributed by atoms with Crippen molar-refractivity contribution in [3.05, 3.63) is 35.9 Å². The van der Waals surface area contributed by atoms with Crippen LogP contribution in [0.2, 0.25) is 0 Å². The molecule has 208 valence electrons. The number of nitrogens with two attached hydrogens (primary N) is 1. The number of aryl methyl sites for hydroxylation is 1. The maximum atomic E-state index is 13.6. The van der Waals surface area contributed by atoms with E-state index in [1.807, 2.05) is 45.9 Å². The highest BCUT2D eigenvalue weighted by Gasteiger charge is 2.37. The first-order valence-corrected chi connectivity index (χ1v) is 13.6. The Morgan fingerprint density at radius 3 is 2.35 bits per heavy atom. The molecule has 1 aliphatic heterocycles. The first-order chi connectivity index (χ1) is 17.6. The van der Waals surface area contributed by atoms with Crippen LogP contribution in [-0.4, -0.2) is 48.2 Å². The molecule has 0 aliphatic carbocycles. The molecule has 1 heterocycles. The summed E-state index contributed by atoms with van der Waals surface area (Å²) in [4.78, 5) is 45.3. The number of amides is 3. The molecule has 2 rings (SSSR count). The lowest BCUT2D eigenvalue weighted by molar-refractivity contribution is -0.203. The van der Waals surface area contributed by atoms with Crippen LogP contribution in [-0.2, 0) is 30.4 Å². The molecule has 3 amide bonds. The molecule has 0 bridgehead atoms. The Hall–Kier alpha value is -2.49. The van der Waals surface area contributed by atoms with Gasteiger partial charge in [0.15, 0.2) is 6.29 Å². The molecule has 4 N–H and O–H groups in total. The van der Waals surface area contributed by atoms with E-state index in [0.717, 1.165) is 19.3 Å². The second-order valence-corrected chi connectivity index (χ2v) is 10.7. The van der Waals surface area contributed by atoms with E-state index in [2.05, 4.69) is 23.0 Å². The molecule has 1 aromatic rings. The van der Waals surface area contributed by atoms with E-state index in [1.165, 1.54) is 10.6 Å². The Bertz CT molecular complexity index is 840. The average Bonchev–Trinajstić information content (AvgIpc) is 2.86. The number of hydrogen-bond donors (Lipinski definition) is 3. The highest BCUT2D eigenvalue weighted by molar-refractivity contribution is 5.89. The SMILES string of the molecule is CC(C)CN(NC(=O)[C@H](C(C)C)C(CCCc1ccccc1)C(=O)NOC1CCCCO1)C(=O)[C@@H](C)N. The summed E-state index contributed by atoms with van der Waals surface area (Å²) >= 11 is 0. The zero-order valence-corrected chi connectivity index (χ0v) is 23.1. The third-order valence-corrected chi connectivity index (χ3v) is 6.49. The van der Waals surface area contributed by atoms with Crippen molar-refractivity contribution in [3.63, 3.8) is 0 Å². The number of carbonyl (C=O) groups is 3. The molecule has 0 spiro atoms. The van der Waals surface area contributed by atoms with Gasteiger partial charge in [0.2, 0.25) is 11.8 Å². The summed E-state index contributed by atoms with van der Waals surface area (Å²) in [5.74, 6) is -2.48. The van der Waals surface area contributed by atoms with E-state index < -0.39 is 24.2 Å². The van der Waals surface area contributed by atoms with Crippen LogP contribution in [0, 0.1) is 23.7 Å². The van der Waals surface area contributed by atoms with Crippen LogP contribution in [0.4, 0.5) is 0 Å². The largest absolute Gasteiger partial charge is 0.350 e. The number of hydrazine groups is 1. The van der Waals surface area contributed by atoms with Gasteiger partial charge in [-0.1, -0.05) is 58.0 Å². The van der Waals surface area contributed by atoms with Gasteiger partial charge in [-0.05, 0) is 56.4 Å². The smallest absolute Gasteiger partial charge is 0.257 e. The fourth-order valence-electron chi connectivity index (χ4n) is 4.61. The minimum Gasteiger partial charge on any atom is -0.350 e. The first kappa shape index (κ1) is 30.7. The molecule has 2 unspecified atom stereocenters. The third-order valence-electron chi connectivity index (χ3n) is 6.49. The topological polar surface area (TPSA) is 123 Å². The Morgan fingerprint density at radius 1 is 1.08 bits per heavy atom. The third kappa shape index (κ3) is 10.4. The van der Waals surface area contributed by atoms with Crippen LogP contribution >= 0.6 is 0 Å². The summed E-state index contributed by atoms with van der Waals surface area (Å²) in [6.07, 6.45) is 4.14. The molecule has 0 aromatic heterocycles. The van der Waals surface area contributed by atoms with E-state index in [1.54, 1.807) is 6.92 Å². The van der Waals surface area contributed by atoms with Crippen LogP contribution in [0.25, 0.3) is 0 Å². The van der Waals surface area contributed by atoms with Crippen LogP contribution < -0.4 is 16.6 Å². The first-order valence-electron chi connectivity index (χ1n) is 13.6. The lowest BCUT2D eigenvalue weighted by atomic mass is 9.79. The number of ether oxygens (including phenoxy) is 1. The number of hydroxylamine groups is 1. The Labute approximate surface area is 221 Å². The summed E-state index contributed by atoms with van der Waals surface area (Å²) in [5, 5.41) is 1.29. The monoisotopic (exact) mass is 518 g/mol. The Morgan fingerprint density at radius 2 is 1.78 bits per heavy atom. The fraction of sp³-hybridized carbons (Fsp3) is 0.679. The Kier molecular flexibility index (Phi) is 13.0. The van der Waals surface area contributed by atoms with Crippen molar-refractivity contribution in [2.45, 2.75) is 85.5 Å². The van der Waals surface area contributed by atoms with Crippen LogP contribution in [0.3, 0.4) is 0 Å². The molecule has 0 radical (unpaired) electrons. The standard InChI is InChI=1S/C28H46N4O5/c1-19(2)18-32(28(35)21(5)29)30-27(34)25(20(3)4)23(15-11-14-22-12-7-6-8-13-22)26(33)31-37-24-16-9-10-17-36-24/h6-8,12-13,19-21,23-25H,9-11,14-18,29H2,1-5H3,(H,30,34)(H,31,33)/t21-,23?,24?,25-/m1/s1. The van der Waals surface area contributed by atoms with Gasteiger partial charge in [0.1, 0.15) is 0 Å². The van der Waals surface area contributed by atoms with E-state index in [0.29, 0.717) is 32.4 Å². The second kappa shape index (κ2) is 15.7. The van der Waals surface area contributed by atoms with Gasteiger partial charge in [0, 0.05) is 19.6 Å². The van der Waals surface area contributed by atoms with Gasteiger partial charge < -0.3 is 10.5 Å². The molecular formula is C28H46N4O5. The lowest BCUT2D eigenvalue weighted by Crippen LogP contribution is -2.56. The van der Waals surface area contributed by atoms with E-state index in [9.17, 15) is 14.4 Å². The summed E-state index contributed by atoms with van der Waals surface area (Å²) in [5.41, 5.74) is 12.4. The van der Waals surface area contributed by atoms with Gasteiger partial charge in [-0.2, -0.15) is 0 Å². The van der Waals surface area contributed by atoms with E-state index in [-0.39, 0.29) is 29.6 Å². The normalized spacial score (nSPS) is 18.2. The van der Waals surface area contributed by atoms with Gasteiger partial charge in [0.05, 0.1) is 17.9 Å². The fourth-order valence-corrected chi connectivity index (χ4v) is 4.61. The van der Waals surface area contributed by atoms with Crippen molar-refractivity contribution in [1.82, 2.24) is 15.9 Å². The number of hydrogen-bond acceptors (Lipinski definition) is 6. The summed E-state index contributed by atoms with van der Waals surface area (Å²) in [7, 11) is 0. The number of nitrogens with zero attached hydrogens (tertiary/aromatic N) is 1. The number of rotatable bonds is 13. The molecule has 1 aliphatic rings. The predicted octanol–water partition coefficient (Wildman–Crippen LogP) is 3.34. The van der Waals surface area contributed by atoms with Crippen LogP contribution in [0.1, 0.15) is 72.3 Å². The predicted molar refractivity (Wildman–Crippen MR) is 142 cm³/mol. The number of benzene rings is 1. The van der Waals surface area contributed by atoms with Gasteiger partial charge in [-0.25, -0.2) is 10.3 Å². The molecule has 1 aromatic carbocycles. The molecule has 4 atom stereocenters. The van der Waals surface area contributed by atoms with Crippen molar-refractivity contribution >= 4 is 17.7 Å².